The molecule has 0 bridgehead atoms. The minimum absolute atomic E-state index is 0.116. The van der Waals surface area contributed by atoms with Crippen molar-refractivity contribution >= 4 is 11.8 Å². The Kier molecular flexibility index (Phi) is 7.36. The van der Waals surface area contributed by atoms with Gasteiger partial charge in [0.05, 0.1) is 7.11 Å². The third kappa shape index (κ3) is 4.89. The number of aryl methyl sites for hydroxylation is 1. The molecule has 2 aromatic rings. The van der Waals surface area contributed by atoms with Gasteiger partial charge in [0.1, 0.15) is 11.5 Å². The predicted molar refractivity (Wildman–Crippen MR) is 142 cm³/mol. The lowest BCUT2D eigenvalue weighted by Gasteiger charge is -2.50. The highest BCUT2D eigenvalue weighted by atomic mass is 16.5. The lowest BCUT2D eigenvalue weighted by atomic mass is 9.54. The number of Topliss-reactive ketones (excluding diaryl/α,β-unsaturated/α-hetero) is 1. The summed E-state index contributed by atoms with van der Waals surface area (Å²) in [5.74, 6) is 3.58. The number of ether oxygens (including phenoxy) is 1. The third-order valence-electron chi connectivity index (χ3n) is 9.36. The van der Waals surface area contributed by atoms with Crippen LogP contribution in [-0.2, 0) is 17.8 Å². The first kappa shape index (κ1) is 24.9. The van der Waals surface area contributed by atoms with Gasteiger partial charge in [-0.3, -0.25) is 4.79 Å². The zero-order chi connectivity index (χ0) is 25.1. The van der Waals surface area contributed by atoms with E-state index in [1.807, 2.05) is 30.3 Å². The SMILES string of the molecule is COc1ccc2c(c1)CC[C@H]1[C@@H]3[C@H](CCCCNC(=O)NCc4ccccc4)CC(=O)[C@@]3(C)CC[C@H]21. The molecule has 3 aliphatic rings. The van der Waals surface area contributed by atoms with E-state index in [2.05, 4.69) is 35.8 Å². The van der Waals surface area contributed by atoms with Crippen molar-refractivity contribution in [2.45, 2.75) is 70.8 Å². The molecular weight excluding hydrogens is 448 g/mol. The normalized spacial score (nSPS) is 28.6. The highest BCUT2D eigenvalue weighted by molar-refractivity contribution is 5.87. The maximum Gasteiger partial charge on any atom is 0.315 e. The maximum absolute atomic E-state index is 13.2. The summed E-state index contributed by atoms with van der Waals surface area (Å²) in [5.41, 5.74) is 3.89. The molecule has 0 spiro atoms. The zero-order valence-corrected chi connectivity index (χ0v) is 21.7. The van der Waals surface area contributed by atoms with Crippen LogP contribution >= 0.6 is 0 Å². The Morgan fingerprint density at radius 2 is 1.92 bits per heavy atom. The van der Waals surface area contributed by atoms with Crippen LogP contribution in [0.2, 0.25) is 0 Å². The quantitative estimate of drug-likeness (QED) is 0.447. The molecule has 2 saturated carbocycles. The minimum Gasteiger partial charge on any atom is -0.497 e. The van der Waals surface area contributed by atoms with Gasteiger partial charge < -0.3 is 15.4 Å². The molecule has 0 aliphatic heterocycles. The largest absolute Gasteiger partial charge is 0.497 e. The first-order chi connectivity index (χ1) is 17.5. The molecule has 2 fully saturated rings. The van der Waals surface area contributed by atoms with Crippen molar-refractivity contribution < 1.29 is 14.3 Å². The Morgan fingerprint density at radius 1 is 1.08 bits per heavy atom. The highest BCUT2D eigenvalue weighted by Gasteiger charge is 2.58. The Morgan fingerprint density at radius 3 is 2.72 bits per heavy atom. The van der Waals surface area contributed by atoms with Crippen LogP contribution in [0.3, 0.4) is 0 Å². The summed E-state index contributed by atoms with van der Waals surface area (Å²) in [4.78, 5) is 25.4. The van der Waals surface area contributed by atoms with Crippen LogP contribution in [0.25, 0.3) is 0 Å². The van der Waals surface area contributed by atoms with Crippen molar-refractivity contribution in [3.63, 3.8) is 0 Å². The van der Waals surface area contributed by atoms with E-state index in [1.54, 1.807) is 7.11 Å². The zero-order valence-electron chi connectivity index (χ0n) is 21.7. The predicted octanol–water partition coefficient (Wildman–Crippen LogP) is 6.02. The number of urea groups is 1. The summed E-state index contributed by atoms with van der Waals surface area (Å²) >= 11 is 0. The van der Waals surface area contributed by atoms with Crippen molar-refractivity contribution in [3.8, 4) is 5.75 Å². The van der Waals surface area contributed by atoms with E-state index < -0.39 is 0 Å². The molecule has 36 heavy (non-hydrogen) atoms. The number of fused-ring (bicyclic) bond motifs is 5. The van der Waals surface area contributed by atoms with Crippen LogP contribution in [0.15, 0.2) is 48.5 Å². The number of methoxy groups -OCH3 is 1. The Hall–Kier alpha value is -2.82. The molecule has 5 heteroatoms. The number of carbonyl (C=O) groups excluding carboxylic acids is 2. The van der Waals surface area contributed by atoms with Gasteiger partial charge >= 0.3 is 6.03 Å². The molecule has 5 atom stereocenters. The smallest absolute Gasteiger partial charge is 0.315 e. The molecule has 0 heterocycles. The van der Waals surface area contributed by atoms with E-state index in [4.69, 9.17) is 4.74 Å². The van der Waals surface area contributed by atoms with Crippen LogP contribution in [-0.4, -0.2) is 25.5 Å². The van der Waals surface area contributed by atoms with E-state index in [1.165, 1.54) is 17.5 Å². The number of carbonyl (C=O) groups is 2. The average molecular weight is 489 g/mol. The van der Waals surface area contributed by atoms with Gasteiger partial charge in [-0.05, 0) is 91.0 Å². The van der Waals surface area contributed by atoms with Crippen molar-refractivity contribution in [3.05, 3.63) is 65.2 Å². The van der Waals surface area contributed by atoms with E-state index in [0.29, 0.717) is 42.5 Å². The molecule has 2 aromatic carbocycles. The first-order valence-electron chi connectivity index (χ1n) is 13.8. The Bertz CT molecular complexity index is 1080. The molecule has 2 amide bonds. The van der Waals surface area contributed by atoms with E-state index in [-0.39, 0.29) is 11.4 Å². The number of rotatable bonds is 8. The maximum atomic E-state index is 13.2. The molecule has 5 nitrogen and oxygen atoms in total. The summed E-state index contributed by atoms with van der Waals surface area (Å²) in [5, 5.41) is 5.91. The molecule has 0 saturated heterocycles. The average Bonchev–Trinajstić information content (AvgIpc) is 3.16. The number of benzene rings is 2. The number of ketones is 1. The lowest BCUT2D eigenvalue weighted by molar-refractivity contribution is -0.129. The van der Waals surface area contributed by atoms with Gasteiger partial charge in [0.25, 0.3) is 0 Å². The highest BCUT2D eigenvalue weighted by Crippen LogP contribution is 2.62. The molecule has 0 radical (unpaired) electrons. The van der Waals surface area contributed by atoms with Gasteiger partial charge in [-0.25, -0.2) is 4.79 Å². The van der Waals surface area contributed by atoms with Gasteiger partial charge in [-0.1, -0.05) is 49.7 Å². The van der Waals surface area contributed by atoms with Gasteiger partial charge in [-0.2, -0.15) is 0 Å². The Balaban J connectivity index is 1.14. The van der Waals surface area contributed by atoms with Gasteiger partial charge in [0, 0.05) is 24.9 Å². The molecular formula is C31H40N2O3. The van der Waals surface area contributed by atoms with E-state index in [0.717, 1.165) is 56.3 Å². The van der Waals surface area contributed by atoms with Crippen LogP contribution < -0.4 is 15.4 Å². The second-order valence-electron chi connectivity index (χ2n) is 11.3. The fourth-order valence-corrected chi connectivity index (χ4v) is 7.58. The molecule has 0 unspecified atom stereocenters. The van der Waals surface area contributed by atoms with Crippen molar-refractivity contribution in [2.75, 3.05) is 13.7 Å². The Labute approximate surface area is 215 Å². The number of nitrogens with one attached hydrogen (secondary N) is 2. The number of hydrogen-bond acceptors (Lipinski definition) is 3. The van der Waals surface area contributed by atoms with Crippen LogP contribution in [0.5, 0.6) is 5.75 Å². The van der Waals surface area contributed by atoms with Crippen molar-refractivity contribution in [2.24, 2.45) is 23.2 Å². The first-order valence-corrected chi connectivity index (χ1v) is 13.8. The van der Waals surface area contributed by atoms with Crippen LogP contribution in [0.4, 0.5) is 4.79 Å². The fourth-order valence-electron chi connectivity index (χ4n) is 7.58. The summed E-state index contributed by atoms with van der Waals surface area (Å²) in [6.07, 6.45) is 8.22. The second kappa shape index (κ2) is 10.7. The van der Waals surface area contributed by atoms with E-state index in [9.17, 15) is 9.59 Å². The minimum atomic E-state index is -0.147. The number of hydrogen-bond donors (Lipinski definition) is 2. The van der Waals surface area contributed by atoms with Crippen LogP contribution in [0, 0.1) is 23.2 Å². The van der Waals surface area contributed by atoms with Crippen LogP contribution in [0.1, 0.15) is 74.5 Å². The van der Waals surface area contributed by atoms with Gasteiger partial charge in [0.2, 0.25) is 0 Å². The topological polar surface area (TPSA) is 67.4 Å². The van der Waals surface area contributed by atoms with Gasteiger partial charge in [-0.15, -0.1) is 0 Å². The summed E-state index contributed by atoms with van der Waals surface area (Å²) in [7, 11) is 1.74. The summed E-state index contributed by atoms with van der Waals surface area (Å²) < 4.78 is 5.47. The molecule has 0 aromatic heterocycles. The van der Waals surface area contributed by atoms with Crippen molar-refractivity contribution in [1.82, 2.24) is 10.6 Å². The summed E-state index contributed by atoms with van der Waals surface area (Å²) in [6, 6.07) is 16.4. The monoisotopic (exact) mass is 488 g/mol. The third-order valence-corrected chi connectivity index (χ3v) is 9.36. The molecule has 192 valence electrons. The summed E-state index contributed by atoms with van der Waals surface area (Å²) in [6.45, 7) is 3.47. The number of unbranched alkanes of at least 4 members (excludes halogenated alkanes) is 1. The van der Waals surface area contributed by atoms with Crippen molar-refractivity contribution in [1.29, 1.82) is 0 Å². The number of amides is 2. The fraction of sp³-hybridized carbons (Fsp3) is 0.548. The van der Waals surface area contributed by atoms with Gasteiger partial charge in [0.15, 0.2) is 0 Å². The van der Waals surface area contributed by atoms with E-state index >= 15 is 0 Å². The molecule has 5 rings (SSSR count). The standard InChI is InChI=1S/C31H40N2O3/c1-31-16-15-26-25-14-12-24(36-2)18-22(25)11-13-27(26)29(31)23(19-28(31)34)10-6-7-17-32-30(35)33-20-21-8-4-3-5-9-21/h3-5,8-9,12,14,18,23,26-27,29H,6-7,10-11,13,15-17,19-20H2,1-2H3,(H2,32,33,35)/t23-,26-,27-,29+,31-/m1/s1. The molecule has 2 N–H and O–H groups in total. The second-order valence-corrected chi connectivity index (χ2v) is 11.3. The lowest BCUT2D eigenvalue weighted by Crippen LogP contribution is -2.44. The molecule has 3 aliphatic carbocycles.